The van der Waals surface area contributed by atoms with E-state index in [1.165, 1.54) is 11.9 Å². The highest BCUT2D eigenvalue weighted by molar-refractivity contribution is 6.44. The van der Waals surface area contributed by atoms with Crippen LogP contribution < -0.4 is 5.73 Å². The van der Waals surface area contributed by atoms with E-state index >= 15 is 0 Å². The van der Waals surface area contributed by atoms with Gasteiger partial charge in [-0.1, -0.05) is 30.3 Å². The number of rotatable bonds is 7. The maximum Gasteiger partial charge on any atom is 0.334 e. The summed E-state index contributed by atoms with van der Waals surface area (Å²) in [5.74, 6) is -2.31. The van der Waals surface area contributed by atoms with Crippen LogP contribution in [0.15, 0.2) is 30.3 Å². The van der Waals surface area contributed by atoms with Crippen molar-refractivity contribution in [2.24, 2.45) is 5.73 Å². The van der Waals surface area contributed by atoms with E-state index in [2.05, 4.69) is 0 Å². The van der Waals surface area contributed by atoms with Gasteiger partial charge < -0.3 is 10.6 Å². The maximum atomic E-state index is 12.5. The molecule has 1 aliphatic rings. The summed E-state index contributed by atoms with van der Waals surface area (Å²) in [6.45, 7) is 0.719. The van der Waals surface area contributed by atoms with E-state index in [-0.39, 0.29) is 12.4 Å². The van der Waals surface area contributed by atoms with Crippen LogP contribution in [0.4, 0.5) is 4.79 Å². The molecule has 1 saturated heterocycles. The monoisotopic (exact) mass is 368 g/mol. The second kappa shape index (κ2) is 9.14. The molecule has 1 aromatic rings. The van der Waals surface area contributed by atoms with Gasteiger partial charge in [-0.05, 0) is 18.5 Å². The zero-order valence-electron chi connectivity index (χ0n) is 13.9. The standard InChI is InChI=1S/C16H20N4O4.ClH/c1-18-14(22)15(23)20(16(18)24)11-13(21)19(9-5-8-17)10-12-6-3-2-4-7-12;/h2-4,6-7H,5,8-11,17H2,1H3;1H. The SMILES string of the molecule is CN1C(=O)C(=O)N(CC(=O)N(CCCN)Cc2ccccc2)C1=O.Cl. The molecule has 0 bridgehead atoms. The molecular formula is C16H21ClN4O4. The Morgan fingerprint density at radius 1 is 1.12 bits per heavy atom. The fraction of sp³-hybridized carbons (Fsp3) is 0.375. The Morgan fingerprint density at radius 2 is 1.76 bits per heavy atom. The first-order valence-corrected chi connectivity index (χ1v) is 7.61. The van der Waals surface area contributed by atoms with Gasteiger partial charge in [-0.25, -0.2) is 9.69 Å². The Kier molecular flexibility index (Phi) is 7.53. The molecule has 2 N–H and O–H groups in total. The summed E-state index contributed by atoms with van der Waals surface area (Å²) in [6, 6.07) is 8.58. The van der Waals surface area contributed by atoms with Gasteiger partial charge in [-0.15, -0.1) is 12.4 Å². The molecule has 0 unspecified atom stereocenters. The van der Waals surface area contributed by atoms with Gasteiger partial charge in [-0.2, -0.15) is 0 Å². The van der Waals surface area contributed by atoms with E-state index in [9.17, 15) is 19.2 Å². The molecular weight excluding hydrogens is 348 g/mol. The van der Waals surface area contributed by atoms with Gasteiger partial charge in [0.2, 0.25) is 5.91 Å². The quantitative estimate of drug-likeness (QED) is 0.547. The molecule has 1 aromatic carbocycles. The molecule has 0 spiro atoms. The van der Waals surface area contributed by atoms with Gasteiger partial charge in [-0.3, -0.25) is 19.3 Å². The third-order valence-electron chi connectivity index (χ3n) is 3.75. The molecule has 25 heavy (non-hydrogen) atoms. The second-order valence-electron chi connectivity index (χ2n) is 5.48. The minimum atomic E-state index is -0.977. The van der Waals surface area contributed by atoms with Gasteiger partial charge >= 0.3 is 17.8 Å². The van der Waals surface area contributed by atoms with Gasteiger partial charge in [0, 0.05) is 20.1 Å². The van der Waals surface area contributed by atoms with E-state index < -0.39 is 30.3 Å². The van der Waals surface area contributed by atoms with E-state index in [0.29, 0.717) is 35.9 Å². The van der Waals surface area contributed by atoms with Crippen molar-refractivity contribution in [3.63, 3.8) is 0 Å². The fourth-order valence-corrected chi connectivity index (χ4v) is 2.37. The molecule has 0 atom stereocenters. The Balaban J connectivity index is 0.00000312. The highest BCUT2D eigenvalue weighted by atomic mass is 35.5. The molecule has 2 rings (SSSR count). The average molecular weight is 369 g/mol. The van der Waals surface area contributed by atoms with Crippen molar-refractivity contribution < 1.29 is 19.2 Å². The van der Waals surface area contributed by atoms with Crippen molar-refractivity contribution in [2.45, 2.75) is 13.0 Å². The fourth-order valence-electron chi connectivity index (χ4n) is 2.37. The summed E-state index contributed by atoms with van der Waals surface area (Å²) in [5.41, 5.74) is 6.43. The Hall–Kier alpha value is -2.45. The lowest BCUT2D eigenvalue weighted by Gasteiger charge is -2.24. The normalized spacial score (nSPS) is 13.9. The van der Waals surface area contributed by atoms with Crippen LogP contribution >= 0.6 is 12.4 Å². The third-order valence-corrected chi connectivity index (χ3v) is 3.75. The summed E-state index contributed by atoms with van der Waals surface area (Å²) in [4.78, 5) is 50.6. The van der Waals surface area contributed by atoms with Gasteiger partial charge in [0.25, 0.3) is 0 Å². The summed E-state index contributed by atoms with van der Waals surface area (Å²) in [7, 11) is 1.21. The first-order valence-electron chi connectivity index (χ1n) is 7.61. The number of halogens is 1. The van der Waals surface area contributed by atoms with E-state index in [4.69, 9.17) is 5.73 Å². The number of benzene rings is 1. The maximum absolute atomic E-state index is 12.5. The number of nitrogens with two attached hydrogens (primary N) is 1. The molecule has 1 heterocycles. The number of hydrogen-bond acceptors (Lipinski definition) is 5. The van der Waals surface area contributed by atoms with Crippen LogP contribution in [0.25, 0.3) is 0 Å². The minimum Gasteiger partial charge on any atom is -0.337 e. The second-order valence-corrected chi connectivity index (χ2v) is 5.48. The molecule has 0 saturated carbocycles. The lowest BCUT2D eigenvalue weighted by atomic mass is 10.2. The number of carbonyl (C=O) groups excluding carboxylic acids is 4. The van der Waals surface area contributed by atoms with Crippen LogP contribution in [0.2, 0.25) is 0 Å². The summed E-state index contributed by atoms with van der Waals surface area (Å²) in [5, 5.41) is 0. The Bertz CT molecular complexity index is 653. The summed E-state index contributed by atoms with van der Waals surface area (Å²) < 4.78 is 0. The Morgan fingerprint density at radius 3 is 2.28 bits per heavy atom. The molecule has 136 valence electrons. The van der Waals surface area contributed by atoms with Gasteiger partial charge in [0.05, 0.1) is 0 Å². The van der Waals surface area contributed by atoms with Crippen LogP contribution in [0.5, 0.6) is 0 Å². The topological polar surface area (TPSA) is 104 Å². The molecule has 9 heteroatoms. The van der Waals surface area contributed by atoms with Crippen LogP contribution in [0.1, 0.15) is 12.0 Å². The highest BCUT2D eigenvalue weighted by Gasteiger charge is 2.43. The van der Waals surface area contributed by atoms with Crippen molar-refractivity contribution in [3.8, 4) is 0 Å². The minimum absolute atomic E-state index is 0. The average Bonchev–Trinajstić information content (AvgIpc) is 2.77. The molecule has 0 aromatic heterocycles. The van der Waals surface area contributed by atoms with Crippen LogP contribution in [0, 0.1) is 0 Å². The van der Waals surface area contributed by atoms with E-state index in [1.807, 2.05) is 30.3 Å². The highest BCUT2D eigenvalue weighted by Crippen LogP contribution is 2.12. The molecule has 5 amide bonds. The molecule has 1 aliphatic heterocycles. The van der Waals surface area contributed by atoms with Crippen molar-refractivity contribution in [1.82, 2.24) is 14.7 Å². The van der Waals surface area contributed by atoms with Gasteiger partial charge in [0.15, 0.2) is 0 Å². The van der Waals surface area contributed by atoms with Crippen LogP contribution in [-0.2, 0) is 20.9 Å². The zero-order chi connectivity index (χ0) is 17.7. The lowest BCUT2D eigenvalue weighted by molar-refractivity contribution is -0.144. The van der Waals surface area contributed by atoms with Crippen molar-refractivity contribution in [2.75, 3.05) is 26.7 Å². The van der Waals surface area contributed by atoms with Crippen molar-refractivity contribution in [1.29, 1.82) is 0 Å². The van der Waals surface area contributed by atoms with E-state index in [0.717, 1.165) is 5.56 Å². The first-order chi connectivity index (χ1) is 11.5. The largest absolute Gasteiger partial charge is 0.337 e. The number of amides is 5. The number of imide groups is 2. The van der Waals surface area contributed by atoms with E-state index in [1.54, 1.807) is 0 Å². The van der Waals surface area contributed by atoms with Gasteiger partial charge in [0.1, 0.15) is 6.54 Å². The lowest BCUT2D eigenvalue weighted by Crippen LogP contribution is -2.43. The summed E-state index contributed by atoms with van der Waals surface area (Å²) in [6.07, 6.45) is 0.597. The molecule has 1 fully saturated rings. The number of nitrogens with zero attached hydrogens (tertiary/aromatic N) is 3. The zero-order valence-corrected chi connectivity index (χ0v) is 14.7. The van der Waals surface area contributed by atoms with Crippen molar-refractivity contribution in [3.05, 3.63) is 35.9 Å². The van der Waals surface area contributed by atoms with Crippen molar-refractivity contribution >= 4 is 36.2 Å². The predicted molar refractivity (Wildman–Crippen MR) is 92.7 cm³/mol. The molecule has 0 aliphatic carbocycles. The molecule has 8 nitrogen and oxygen atoms in total. The predicted octanol–water partition coefficient (Wildman–Crippen LogP) is 0.206. The molecule has 0 radical (unpaired) electrons. The summed E-state index contributed by atoms with van der Waals surface area (Å²) >= 11 is 0. The van der Waals surface area contributed by atoms with Crippen LogP contribution in [-0.4, -0.2) is 65.1 Å². The number of carbonyl (C=O) groups is 4. The number of urea groups is 1. The number of likely N-dealkylation sites (N-methyl/N-ethyl adjacent to an activating group) is 1. The smallest absolute Gasteiger partial charge is 0.334 e. The first kappa shape index (κ1) is 20.6. The number of hydrogen-bond donors (Lipinski definition) is 1. The van der Waals surface area contributed by atoms with Crippen LogP contribution in [0.3, 0.4) is 0 Å². The third kappa shape index (κ3) is 4.77. The Labute approximate surface area is 151 Å².